The van der Waals surface area contributed by atoms with E-state index in [1.165, 1.54) is 12.1 Å². The predicted octanol–water partition coefficient (Wildman–Crippen LogP) is 3.95. The van der Waals surface area contributed by atoms with Crippen molar-refractivity contribution in [2.24, 2.45) is 0 Å². The number of ether oxygens (including phenoxy) is 1. The molecule has 1 fully saturated rings. The average Bonchev–Trinajstić information content (AvgIpc) is 3.13. The molecule has 1 unspecified atom stereocenters. The average molecular weight is 351 g/mol. The van der Waals surface area contributed by atoms with E-state index in [2.05, 4.69) is 5.32 Å². The molecule has 3 aromatic rings. The Balaban J connectivity index is 1.63. The Bertz CT molecular complexity index is 839. The van der Waals surface area contributed by atoms with Gasteiger partial charge in [-0.25, -0.2) is 9.07 Å². The number of hydrogen-bond donors (Lipinski definition) is 1. The topological polar surface area (TPSA) is 39.1 Å². The zero-order valence-corrected chi connectivity index (χ0v) is 14.6. The summed E-state index contributed by atoms with van der Waals surface area (Å²) in [7, 11) is 0. The van der Waals surface area contributed by atoms with Crippen LogP contribution in [0.4, 0.5) is 4.39 Å². The van der Waals surface area contributed by atoms with E-state index in [4.69, 9.17) is 9.84 Å². The molecule has 5 heteroatoms. The van der Waals surface area contributed by atoms with Crippen molar-refractivity contribution in [3.05, 3.63) is 72.2 Å². The molecular formula is C21H22FN3O. The molecule has 26 heavy (non-hydrogen) atoms. The highest BCUT2D eigenvalue weighted by molar-refractivity contribution is 5.63. The largest absolute Gasteiger partial charge is 0.380 e. The molecule has 1 aliphatic heterocycles. The smallest absolute Gasteiger partial charge is 0.123 e. The van der Waals surface area contributed by atoms with Crippen molar-refractivity contribution >= 4 is 0 Å². The fourth-order valence-corrected chi connectivity index (χ4v) is 3.26. The van der Waals surface area contributed by atoms with Crippen LogP contribution in [0.1, 0.15) is 18.4 Å². The minimum absolute atomic E-state index is 0.240. The van der Waals surface area contributed by atoms with E-state index in [1.807, 2.05) is 41.2 Å². The molecule has 0 bridgehead atoms. The minimum atomic E-state index is -0.240. The summed E-state index contributed by atoms with van der Waals surface area (Å²) in [5.41, 5.74) is 3.88. The van der Waals surface area contributed by atoms with E-state index >= 15 is 0 Å². The Morgan fingerprint density at radius 2 is 1.92 bits per heavy atom. The molecule has 0 spiro atoms. The fourth-order valence-electron chi connectivity index (χ4n) is 3.26. The summed E-state index contributed by atoms with van der Waals surface area (Å²) in [6.45, 7) is 2.30. The Hall–Kier alpha value is -2.50. The van der Waals surface area contributed by atoms with Gasteiger partial charge in [0.2, 0.25) is 0 Å². The molecule has 4 nitrogen and oxygen atoms in total. The van der Waals surface area contributed by atoms with Gasteiger partial charge < -0.3 is 10.1 Å². The van der Waals surface area contributed by atoms with E-state index in [1.54, 1.807) is 12.1 Å². The number of aromatic nitrogens is 2. The van der Waals surface area contributed by atoms with Gasteiger partial charge in [-0.05, 0) is 49.2 Å². The highest BCUT2D eigenvalue weighted by Gasteiger charge is 2.16. The lowest BCUT2D eigenvalue weighted by molar-refractivity contribution is 0.0699. The van der Waals surface area contributed by atoms with Gasteiger partial charge >= 0.3 is 0 Å². The van der Waals surface area contributed by atoms with Gasteiger partial charge in [0.05, 0.1) is 18.0 Å². The van der Waals surface area contributed by atoms with Gasteiger partial charge in [0.15, 0.2) is 0 Å². The number of rotatable bonds is 5. The number of para-hydroxylation sites is 1. The summed E-state index contributed by atoms with van der Waals surface area (Å²) in [4.78, 5) is 0. The number of nitrogens with zero attached hydrogens (tertiary/aromatic N) is 2. The summed E-state index contributed by atoms with van der Waals surface area (Å²) in [5.74, 6) is -0.240. The van der Waals surface area contributed by atoms with Crippen LogP contribution in [0.3, 0.4) is 0 Å². The van der Waals surface area contributed by atoms with Gasteiger partial charge in [-0.2, -0.15) is 5.10 Å². The lowest BCUT2D eigenvalue weighted by Gasteiger charge is -2.23. The van der Waals surface area contributed by atoms with Crippen LogP contribution >= 0.6 is 0 Å². The lowest BCUT2D eigenvalue weighted by atomic mass is 10.1. The van der Waals surface area contributed by atoms with E-state index in [0.29, 0.717) is 12.6 Å². The van der Waals surface area contributed by atoms with Crippen LogP contribution in [0.25, 0.3) is 16.9 Å². The molecule has 134 valence electrons. The molecule has 1 N–H and O–H groups in total. The van der Waals surface area contributed by atoms with Crippen molar-refractivity contribution in [1.29, 1.82) is 0 Å². The molecular weight excluding hydrogens is 329 g/mol. The number of halogens is 1. The van der Waals surface area contributed by atoms with Crippen molar-refractivity contribution in [1.82, 2.24) is 15.1 Å². The molecule has 0 saturated carbocycles. The molecule has 2 aromatic carbocycles. The third-order valence-electron chi connectivity index (χ3n) is 4.67. The predicted molar refractivity (Wildman–Crippen MR) is 99.6 cm³/mol. The van der Waals surface area contributed by atoms with E-state index in [-0.39, 0.29) is 5.82 Å². The lowest BCUT2D eigenvalue weighted by Crippen LogP contribution is -2.36. The molecule has 1 aromatic heterocycles. The van der Waals surface area contributed by atoms with E-state index in [9.17, 15) is 4.39 Å². The van der Waals surface area contributed by atoms with Gasteiger partial charge in [-0.1, -0.05) is 18.2 Å². The minimum Gasteiger partial charge on any atom is -0.380 e. The van der Waals surface area contributed by atoms with Gasteiger partial charge in [-0.3, -0.25) is 0 Å². The monoisotopic (exact) mass is 351 g/mol. The van der Waals surface area contributed by atoms with Crippen molar-refractivity contribution in [3.8, 4) is 16.9 Å². The normalized spacial score (nSPS) is 17.3. The SMILES string of the molecule is Fc1ccc(-c2nn(-c3ccccc3)cc2CNC2CCCOC2)cc1. The van der Waals surface area contributed by atoms with Crippen LogP contribution in [0, 0.1) is 5.82 Å². The third kappa shape index (κ3) is 3.84. The molecule has 0 amide bonds. The van der Waals surface area contributed by atoms with Crippen molar-refractivity contribution < 1.29 is 9.13 Å². The summed E-state index contributed by atoms with van der Waals surface area (Å²) in [5, 5.41) is 8.34. The maximum Gasteiger partial charge on any atom is 0.123 e. The zero-order valence-electron chi connectivity index (χ0n) is 14.6. The van der Waals surface area contributed by atoms with Gasteiger partial charge in [0.25, 0.3) is 0 Å². The van der Waals surface area contributed by atoms with Crippen LogP contribution in [0.5, 0.6) is 0 Å². The summed E-state index contributed by atoms with van der Waals surface area (Å²) < 4.78 is 20.7. The second-order valence-electron chi connectivity index (χ2n) is 6.58. The molecule has 1 atom stereocenters. The molecule has 2 heterocycles. The van der Waals surface area contributed by atoms with Crippen LogP contribution in [-0.2, 0) is 11.3 Å². The molecule has 0 radical (unpaired) electrons. The zero-order chi connectivity index (χ0) is 17.8. The van der Waals surface area contributed by atoms with E-state index in [0.717, 1.165) is 48.6 Å². The standard InChI is InChI=1S/C21H22FN3O/c22-18-10-8-16(9-11-18)21-17(13-23-19-5-4-12-26-15-19)14-25(24-21)20-6-2-1-3-7-20/h1-3,6-11,14,19,23H,4-5,12-13,15H2. The van der Waals surface area contributed by atoms with Crippen molar-refractivity contribution in [2.45, 2.75) is 25.4 Å². The summed E-state index contributed by atoms with van der Waals surface area (Å²) >= 11 is 0. The van der Waals surface area contributed by atoms with E-state index < -0.39 is 0 Å². The highest BCUT2D eigenvalue weighted by Crippen LogP contribution is 2.24. The third-order valence-corrected chi connectivity index (χ3v) is 4.67. The Morgan fingerprint density at radius 1 is 1.12 bits per heavy atom. The molecule has 4 rings (SSSR count). The van der Waals surface area contributed by atoms with Crippen molar-refractivity contribution in [2.75, 3.05) is 13.2 Å². The molecule has 0 aliphatic carbocycles. The number of hydrogen-bond acceptors (Lipinski definition) is 3. The van der Waals surface area contributed by atoms with Crippen LogP contribution in [0.2, 0.25) is 0 Å². The van der Waals surface area contributed by atoms with Gasteiger partial charge in [0, 0.05) is 36.5 Å². The summed E-state index contributed by atoms with van der Waals surface area (Å²) in [6, 6.07) is 16.9. The first-order chi connectivity index (χ1) is 12.8. The second kappa shape index (κ2) is 7.81. The van der Waals surface area contributed by atoms with Crippen molar-refractivity contribution in [3.63, 3.8) is 0 Å². The maximum atomic E-state index is 13.3. The maximum absolute atomic E-state index is 13.3. The molecule has 1 saturated heterocycles. The number of nitrogens with one attached hydrogen (secondary N) is 1. The summed E-state index contributed by atoms with van der Waals surface area (Å²) in [6.07, 6.45) is 4.26. The number of benzene rings is 2. The highest BCUT2D eigenvalue weighted by atomic mass is 19.1. The Kier molecular flexibility index (Phi) is 5.09. The fraction of sp³-hybridized carbons (Fsp3) is 0.286. The van der Waals surface area contributed by atoms with Gasteiger partial charge in [0.1, 0.15) is 5.82 Å². The van der Waals surface area contributed by atoms with Crippen LogP contribution in [-0.4, -0.2) is 29.0 Å². The first-order valence-electron chi connectivity index (χ1n) is 9.00. The second-order valence-corrected chi connectivity index (χ2v) is 6.58. The van der Waals surface area contributed by atoms with Crippen LogP contribution < -0.4 is 5.32 Å². The molecule has 1 aliphatic rings. The Labute approximate surface area is 152 Å². The van der Waals surface area contributed by atoms with Gasteiger partial charge in [-0.15, -0.1) is 0 Å². The van der Waals surface area contributed by atoms with Crippen LogP contribution in [0.15, 0.2) is 60.8 Å². The first kappa shape index (κ1) is 16.9. The Morgan fingerprint density at radius 3 is 2.65 bits per heavy atom. The first-order valence-corrected chi connectivity index (χ1v) is 9.00. The quantitative estimate of drug-likeness (QED) is 0.757.